The number of carboxylic acids is 1. The van der Waals surface area contributed by atoms with Gasteiger partial charge < -0.3 is 5.11 Å². The second-order valence-corrected chi connectivity index (χ2v) is 5.57. The van der Waals surface area contributed by atoms with Crippen LogP contribution in [0.15, 0.2) is 52.3 Å². The first kappa shape index (κ1) is 14.0. The van der Waals surface area contributed by atoms with Crippen LogP contribution < -0.4 is 0 Å². The quantitative estimate of drug-likeness (QED) is 0.883. The van der Waals surface area contributed by atoms with Crippen molar-refractivity contribution >= 4 is 29.3 Å². The molecule has 0 aliphatic heterocycles. The average Bonchev–Trinajstić information content (AvgIpc) is 2.41. The molecule has 19 heavy (non-hydrogen) atoms. The van der Waals surface area contributed by atoms with Gasteiger partial charge in [-0.3, -0.25) is 0 Å². The topological polar surface area (TPSA) is 37.3 Å². The summed E-state index contributed by atoms with van der Waals surface area (Å²) >= 11 is 7.63. The SMILES string of the molecule is CCc1ccc(Sc2ccc(C(=O)O)cc2Cl)cc1. The van der Waals surface area contributed by atoms with Gasteiger partial charge in [0.15, 0.2) is 0 Å². The van der Waals surface area contributed by atoms with Crippen molar-refractivity contribution in [2.75, 3.05) is 0 Å². The largest absolute Gasteiger partial charge is 0.478 e. The summed E-state index contributed by atoms with van der Waals surface area (Å²) < 4.78 is 0. The van der Waals surface area contributed by atoms with Crippen LogP contribution in [0.2, 0.25) is 5.02 Å². The Morgan fingerprint density at radius 3 is 2.42 bits per heavy atom. The minimum absolute atomic E-state index is 0.204. The fourth-order valence-electron chi connectivity index (χ4n) is 1.64. The zero-order valence-corrected chi connectivity index (χ0v) is 12.0. The lowest BCUT2D eigenvalue weighted by Crippen LogP contribution is -1.95. The second-order valence-electron chi connectivity index (χ2n) is 4.05. The Morgan fingerprint density at radius 1 is 1.21 bits per heavy atom. The van der Waals surface area contributed by atoms with E-state index in [9.17, 15) is 4.79 Å². The third kappa shape index (κ3) is 3.52. The molecule has 0 saturated carbocycles. The number of carboxylic acid groups (broad SMARTS) is 1. The Balaban J connectivity index is 2.20. The molecule has 0 unspecified atom stereocenters. The number of aromatic carboxylic acids is 1. The smallest absolute Gasteiger partial charge is 0.335 e. The molecule has 1 N–H and O–H groups in total. The number of aryl methyl sites for hydroxylation is 1. The first-order chi connectivity index (χ1) is 9.10. The number of benzene rings is 2. The fourth-order valence-corrected chi connectivity index (χ4v) is 2.75. The Hall–Kier alpha value is -1.45. The van der Waals surface area contributed by atoms with Crippen LogP contribution >= 0.6 is 23.4 Å². The summed E-state index contributed by atoms with van der Waals surface area (Å²) in [6.07, 6.45) is 1.01. The van der Waals surface area contributed by atoms with Crippen molar-refractivity contribution in [3.05, 3.63) is 58.6 Å². The van der Waals surface area contributed by atoms with Crippen LogP contribution in [0.1, 0.15) is 22.8 Å². The van der Waals surface area contributed by atoms with E-state index in [4.69, 9.17) is 16.7 Å². The van der Waals surface area contributed by atoms with E-state index in [2.05, 4.69) is 19.1 Å². The zero-order chi connectivity index (χ0) is 13.8. The number of hydrogen-bond acceptors (Lipinski definition) is 2. The lowest BCUT2D eigenvalue weighted by molar-refractivity contribution is 0.0697. The van der Waals surface area contributed by atoms with E-state index in [1.807, 2.05) is 12.1 Å². The molecule has 0 amide bonds. The molecule has 0 atom stereocenters. The van der Waals surface area contributed by atoms with Crippen molar-refractivity contribution in [3.63, 3.8) is 0 Å². The Kier molecular flexibility index (Phi) is 4.51. The van der Waals surface area contributed by atoms with Gasteiger partial charge in [-0.25, -0.2) is 4.79 Å². The number of rotatable bonds is 4. The van der Waals surface area contributed by atoms with E-state index >= 15 is 0 Å². The number of hydrogen-bond donors (Lipinski definition) is 1. The van der Waals surface area contributed by atoms with Crippen LogP contribution in [0.5, 0.6) is 0 Å². The van der Waals surface area contributed by atoms with Crippen molar-refractivity contribution < 1.29 is 9.90 Å². The highest BCUT2D eigenvalue weighted by Gasteiger charge is 2.08. The third-order valence-corrected chi connectivity index (χ3v) is 4.25. The zero-order valence-electron chi connectivity index (χ0n) is 10.4. The molecular weight excluding hydrogens is 280 g/mol. The van der Waals surface area contributed by atoms with Gasteiger partial charge in [-0.2, -0.15) is 0 Å². The summed E-state index contributed by atoms with van der Waals surface area (Å²) in [5, 5.41) is 9.34. The molecule has 2 aromatic rings. The van der Waals surface area contributed by atoms with Crippen LogP contribution in [-0.2, 0) is 6.42 Å². The Labute approximate surface area is 121 Å². The highest BCUT2D eigenvalue weighted by molar-refractivity contribution is 7.99. The van der Waals surface area contributed by atoms with Gasteiger partial charge in [0.25, 0.3) is 0 Å². The van der Waals surface area contributed by atoms with E-state index < -0.39 is 5.97 Å². The maximum Gasteiger partial charge on any atom is 0.335 e. The number of halogens is 1. The van der Waals surface area contributed by atoms with Crippen LogP contribution in [0.25, 0.3) is 0 Å². The molecule has 98 valence electrons. The van der Waals surface area contributed by atoms with Crippen molar-refractivity contribution in [3.8, 4) is 0 Å². The van der Waals surface area contributed by atoms with Gasteiger partial charge in [-0.15, -0.1) is 0 Å². The molecule has 0 bridgehead atoms. The predicted octanol–water partition coefficient (Wildman–Crippen LogP) is 4.75. The second kappa shape index (κ2) is 6.13. The lowest BCUT2D eigenvalue weighted by atomic mass is 10.2. The van der Waals surface area contributed by atoms with Crippen molar-refractivity contribution in [2.24, 2.45) is 0 Å². The molecule has 2 rings (SSSR count). The van der Waals surface area contributed by atoms with E-state index in [1.54, 1.807) is 12.1 Å². The standard InChI is InChI=1S/C15H13ClO2S/c1-2-10-3-6-12(7-4-10)19-14-8-5-11(15(17)18)9-13(14)16/h3-9H,2H2,1H3,(H,17,18). The Bertz CT molecular complexity index is 594. The highest BCUT2D eigenvalue weighted by atomic mass is 35.5. The number of carbonyl (C=O) groups is 1. The Morgan fingerprint density at radius 2 is 1.89 bits per heavy atom. The van der Waals surface area contributed by atoms with Crippen molar-refractivity contribution in [1.82, 2.24) is 0 Å². The summed E-state index contributed by atoms with van der Waals surface area (Å²) in [6.45, 7) is 2.11. The summed E-state index contributed by atoms with van der Waals surface area (Å²) in [5.74, 6) is -0.967. The van der Waals surface area contributed by atoms with Crippen LogP contribution in [0.3, 0.4) is 0 Å². The fraction of sp³-hybridized carbons (Fsp3) is 0.133. The van der Waals surface area contributed by atoms with Crippen molar-refractivity contribution in [2.45, 2.75) is 23.1 Å². The van der Waals surface area contributed by atoms with Gasteiger partial charge in [0.1, 0.15) is 0 Å². The molecule has 2 aromatic carbocycles. The summed E-state index contributed by atoms with van der Waals surface area (Å²) in [7, 11) is 0. The monoisotopic (exact) mass is 292 g/mol. The molecule has 0 radical (unpaired) electrons. The molecule has 2 nitrogen and oxygen atoms in total. The molecule has 0 heterocycles. The normalized spacial score (nSPS) is 10.4. The first-order valence-corrected chi connectivity index (χ1v) is 7.09. The van der Waals surface area contributed by atoms with E-state index in [-0.39, 0.29) is 5.56 Å². The lowest BCUT2D eigenvalue weighted by Gasteiger charge is -2.06. The minimum Gasteiger partial charge on any atom is -0.478 e. The van der Waals surface area contributed by atoms with Crippen LogP contribution in [0.4, 0.5) is 0 Å². The van der Waals surface area contributed by atoms with Gasteiger partial charge >= 0.3 is 5.97 Å². The summed E-state index contributed by atoms with van der Waals surface area (Å²) in [6, 6.07) is 13.0. The maximum absolute atomic E-state index is 10.8. The molecule has 0 aliphatic carbocycles. The van der Waals surface area contributed by atoms with Crippen molar-refractivity contribution in [1.29, 1.82) is 0 Å². The minimum atomic E-state index is -0.967. The van der Waals surface area contributed by atoms with Crippen LogP contribution in [0, 0.1) is 0 Å². The molecule has 4 heteroatoms. The third-order valence-electron chi connectivity index (χ3n) is 2.74. The average molecular weight is 293 g/mol. The molecule has 0 saturated heterocycles. The van der Waals surface area contributed by atoms with Gasteiger partial charge in [0.2, 0.25) is 0 Å². The molecular formula is C15H13ClO2S. The predicted molar refractivity (Wildman–Crippen MR) is 78.4 cm³/mol. The first-order valence-electron chi connectivity index (χ1n) is 5.90. The van der Waals surface area contributed by atoms with Gasteiger partial charge in [-0.05, 0) is 42.3 Å². The van der Waals surface area contributed by atoms with Gasteiger partial charge in [-0.1, -0.05) is 42.4 Å². The van der Waals surface area contributed by atoms with E-state index in [1.165, 1.54) is 23.4 Å². The maximum atomic E-state index is 10.8. The molecule has 0 spiro atoms. The molecule has 0 fully saturated rings. The van der Waals surface area contributed by atoms with Gasteiger partial charge in [0, 0.05) is 9.79 Å². The summed E-state index contributed by atoms with van der Waals surface area (Å²) in [4.78, 5) is 12.8. The van der Waals surface area contributed by atoms with E-state index in [0.717, 1.165) is 16.2 Å². The van der Waals surface area contributed by atoms with E-state index in [0.29, 0.717) is 5.02 Å². The van der Waals surface area contributed by atoms with Gasteiger partial charge in [0.05, 0.1) is 10.6 Å². The molecule has 0 aromatic heterocycles. The highest BCUT2D eigenvalue weighted by Crippen LogP contribution is 2.33. The molecule has 0 aliphatic rings. The summed E-state index contributed by atoms with van der Waals surface area (Å²) in [5.41, 5.74) is 1.49. The van der Waals surface area contributed by atoms with Crippen LogP contribution in [-0.4, -0.2) is 11.1 Å².